The molecule has 5 heteroatoms. The van der Waals surface area contributed by atoms with E-state index in [2.05, 4.69) is 205 Å². The van der Waals surface area contributed by atoms with Crippen molar-refractivity contribution in [2.45, 2.75) is 15.2 Å². The van der Waals surface area contributed by atoms with Crippen LogP contribution in [0.25, 0.3) is 103 Å². The van der Waals surface area contributed by atoms with Crippen LogP contribution in [0.4, 0.5) is 0 Å². The summed E-state index contributed by atoms with van der Waals surface area (Å²) < 4.78 is 4.63. The Morgan fingerprint density at radius 3 is 1.73 bits per heavy atom. The zero-order valence-corrected chi connectivity index (χ0v) is 35.8. The number of aromatic nitrogens is 3. The third kappa shape index (κ3) is 4.42. The standard InChI is InChI=1S/C59H33N3S2/c1-2-17-37-35(15-1)36-16-3-4-18-38(36)44-33-34(29-30-39(37)44)54-57-55(43-22-8-13-27-51(43)63-57)61-58(60-54)62-49-26-12-7-21-42(49)53-50(62)32-31-48-56(53)64-52-28-14-11-25-47(52)59(48)45-23-9-5-19-40(45)41-20-6-10-24-46(41)59/h1-33H. The fourth-order valence-electron chi connectivity index (χ4n) is 11.5. The molecule has 0 saturated heterocycles. The normalized spacial score (nSPS) is 13.7. The molecule has 296 valence electrons. The maximum Gasteiger partial charge on any atom is 0.235 e. The van der Waals surface area contributed by atoms with Crippen LogP contribution in [0.3, 0.4) is 0 Å². The lowest BCUT2D eigenvalue weighted by Gasteiger charge is -2.40. The van der Waals surface area contributed by atoms with Gasteiger partial charge in [0.15, 0.2) is 0 Å². The van der Waals surface area contributed by atoms with E-state index in [9.17, 15) is 0 Å². The maximum absolute atomic E-state index is 5.69. The highest BCUT2D eigenvalue weighted by Crippen LogP contribution is 2.63. The van der Waals surface area contributed by atoms with Crippen molar-refractivity contribution in [2.24, 2.45) is 0 Å². The van der Waals surface area contributed by atoms with Gasteiger partial charge in [0.05, 0.1) is 32.4 Å². The van der Waals surface area contributed by atoms with Crippen LogP contribution in [0.1, 0.15) is 22.3 Å². The van der Waals surface area contributed by atoms with Crippen molar-refractivity contribution in [1.82, 2.24) is 14.5 Å². The Kier molecular flexibility index (Phi) is 6.97. The summed E-state index contributed by atoms with van der Waals surface area (Å²) in [5.41, 5.74) is 12.7. The molecule has 0 radical (unpaired) electrons. The maximum atomic E-state index is 5.69. The first kappa shape index (κ1) is 35.0. The first-order chi connectivity index (χ1) is 31.8. The average Bonchev–Trinajstić information content (AvgIpc) is 4.01. The summed E-state index contributed by atoms with van der Waals surface area (Å²) >= 11 is 3.68. The van der Waals surface area contributed by atoms with Crippen LogP contribution in [0, 0.1) is 0 Å². The van der Waals surface area contributed by atoms with Crippen molar-refractivity contribution in [3.63, 3.8) is 0 Å². The van der Waals surface area contributed by atoms with Crippen LogP contribution in [-0.2, 0) is 5.41 Å². The monoisotopic (exact) mass is 847 g/mol. The Balaban J connectivity index is 1.04. The van der Waals surface area contributed by atoms with Crippen LogP contribution in [0.2, 0.25) is 0 Å². The van der Waals surface area contributed by atoms with Crippen molar-refractivity contribution in [2.75, 3.05) is 0 Å². The lowest BCUT2D eigenvalue weighted by molar-refractivity contribution is 0.726. The number of rotatable bonds is 2. The van der Waals surface area contributed by atoms with Gasteiger partial charge in [-0.05, 0) is 96.0 Å². The number of nitrogens with zero attached hydrogens (tertiary/aromatic N) is 3. The van der Waals surface area contributed by atoms with E-state index < -0.39 is 5.41 Å². The molecule has 0 unspecified atom stereocenters. The summed E-state index contributed by atoms with van der Waals surface area (Å²) in [5, 5.41) is 11.1. The Morgan fingerprint density at radius 2 is 1.00 bits per heavy atom. The Morgan fingerprint density at radius 1 is 0.422 bits per heavy atom. The molecular formula is C59H33N3S2. The van der Waals surface area contributed by atoms with Crippen LogP contribution >= 0.6 is 23.1 Å². The molecule has 2 aliphatic rings. The van der Waals surface area contributed by atoms with E-state index in [1.807, 2.05) is 11.8 Å². The van der Waals surface area contributed by atoms with E-state index >= 15 is 0 Å². The average molecular weight is 848 g/mol. The highest BCUT2D eigenvalue weighted by molar-refractivity contribution is 7.99. The van der Waals surface area contributed by atoms with E-state index in [0.717, 1.165) is 37.9 Å². The number of para-hydroxylation sites is 1. The van der Waals surface area contributed by atoms with Crippen LogP contribution in [0.5, 0.6) is 0 Å². The zero-order valence-electron chi connectivity index (χ0n) is 34.2. The predicted molar refractivity (Wildman–Crippen MR) is 269 cm³/mol. The highest BCUT2D eigenvalue weighted by Gasteiger charge is 2.50. The fraction of sp³-hybridized carbons (Fsp3) is 0.0169. The summed E-state index contributed by atoms with van der Waals surface area (Å²) in [7, 11) is 0. The fourth-order valence-corrected chi connectivity index (χ4v) is 14.0. The van der Waals surface area contributed by atoms with Crippen LogP contribution < -0.4 is 0 Å². The quantitative estimate of drug-likeness (QED) is 0.162. The largest absolute Gasteiger partial charge is 0.278 e. The van der Waals surface area contributed by atoms with E-state index in [4.69, 9.17) is 9.97 Å². The predicted octanol–water partition coefficient (Wildman–Crippen LogP) is 15.9. The molecule has 3 nitrogen and oxygen atoms in total. The third-order valence-corrected chi connectivity index (χ3v) is 16.4. The Hall–Kier alpha value is -7.57. The van der Waals surface area contributed by atoms with Crippen molar-refractivity contribution in [3.05, 3.63) is 222 Å². The van der Waals surface area contributed by atoms with Gasteiger partial charge in [0.1, 0.15) is 0 Å². The van der Waals surface area contributed by atoms with Gasteiger partial charge in [0, 0.05) is 36.2 Å². The van der Waals surface area contributed by atoms with Gasteiger partial charge < -0.3 is 0 Å². The van der Waals surface area contributed by atoms with E-state index in [-0.39, 0.29) is 0 Å². The molecule has 0 bridgehead atoms. The molecule has 4 heterocycles. The Labute approximate surface area is 375 Å². The number of hydrogen-bond donors (Lipinski definition) is 0. The molecule has 1 aliphatic heterocycles. The Bertz CT molecular complexity index is 4110. The van der Waals surface area contributed by atoms with Crippen molar-refractivity contribution in [3.8, 4) is 28.3 Å². The molecule has 15 rings (SSSR count). The van der Waals surface area contributed by atoms with Gasteiger partial charge in [-0.15, -0.1) is 11.3 Å². The topological polar surface area (TPSA) is 30.7 Å². The van der Waals surface area contributed by atoms with E-state index in [1.165, 1.54) is 91.0 Å². The van der Waals surface area contributed by atoms with Gasteiger partial charge in [0.25, 0.3) is 0 Å². The third-order valence-electron chi connectivity index (χ3n) is 14.1. The molecule has 0 atom stereocenters. The number of benzene rings is 10. The van der Waals surface area contributed by atoms with E-state index in [0.29, 0.717) is 5.95 Å². The highest BCUT2D eigenvalue weighted by atomic mass is 32.2. The number of hydrogen-bond acceptors (Lipinski definition) is 4. The molecule has 64 heavy (non-hydrogen) atoms. The second kappa shape index (κ2) is 12.8. The summed E-state index contributed by atoms with van der Waals surface area (Å²) in [6.45, 7) is 0. The smallest absolute Gasteiger partial charge is 0.235 e. The summed E-state index contributed by atoms with van der Waals surface area (Å²) in [6.07, 6.45) is 0. The SMILES string of the molecule is c1ccc2c(c1)Sc1c(ccc3c1c1ccccc1n3-c1nc(-c3ccc4c5ccccc5c5ccccc5c4c3)c3sc4ccccc4c3n1)C21c2ccccc2-c2ccccc21. The first-order valence-corrected chi connectivity index (χ1v) is 23.5. The molecule has 0 saturated carbocycles. The van der Waals surface area contributed by atoms with Crippen molar-refractivity contribution >= 4 is 97.5 Å². The molecule has 10 aromatic carbocycles. The summed E-state index contributed by atoms with van der Waals surface area (Å²) in [5.74, 6) is 0.674. The molecular weight excluding hydrogens is 815 g/mol. The second-order valence-corrected chi connectivity index (χ2v) is 19.2. The van der Waals surface area contributed by atoms with Gasteiger partial charge in [-0.25, -0.2) is 9.97 Å². The summed E-state index contributed by atoms with van der Waals surface area (Å²) in [6, 6.07) is 74.0. The lowest BCUT2D eigenvalue weighted by Crippen LogP contribution is -2.32. The van der Waals surface area contributed by atoms with Gasteiger partial charge in [0.2, 0.25) is 5.95 Å². The van der Waals surface area contributed by atoms with Gasteiger partial charge in [-0.2, -0.15) is 0 Å². The van der Waals surface area contributed by atoms with E-state index in [1.54, 1.807) is 11.3 Å². The second-order valence-electron chi connectivity index (χ2n) is 17.1. The van der Waals surface area contributed by atoms with Crippen molar-refractivity contribution < 1.29 is 0 Å². The molecule has 0 N–H and O–H groups in total. The number of thiophene rings is 1. The molecule has 1 aliphatic carbocycles. The molecule has 0 amide bonds. The molecule has 3 aromatic heterocycles. The molecule has 13 aromatic rings. The lowest BCUT2D eigenvalue weighted by atomic mass is 9.67. The van der Waals surface area contributed by atoms with Gasteiger partial charge in [-0.1, -0.05) is 182 Å². The van der Waals surface area contributed by atoms with Gasteiger partial charge >= 0.3 is 0 Å². The van der Waals surface area contributed by atoms with Crippen molar-refractivity contribution in [1.29, 1.82) is 0 Å². The van der Waals surface area contributed by atoms with Crippen LogP contribution in [-0.4, -0.2) is 14.5 Å². The number of fused-ring (bicyclic) bond motifs is 22. The van der Waals surface area contributed by atoms with Gasteiger partial charge in [-0.3, -0.25) is 4.57 Å². The van der Waals surface area contributed by atoms with Crippen LogP contribution in [0.15, 0.2) is 210 Å². The minimum absolute atomic E-state index is 0.467. The minimum atomic E-state index is -0.467. The molecule has 1 spiro atoms. The minimum Gasteiger partial charge on any atom is -0.278 e. The molecule has 0 fully saturated rings. The zero-order chi connectivity index (χ0) is 41.7. The first-order valence-electron chi connectivity index (χ1n) is 21.8. The summed E-state index contributed by atoms with van der Waals surface area (Å²) in [4.78, 5) is 13.8.